The summed E-state index contributed by atoms with van der Waals surface area (Å²) in [5.74, 6) is 0.329. The molecule has 1 unspecified atom stereocenters. The second kappa shape index (κ2) is 6.07. The van der Waals surface area contributed by atoms with E-state index >= 15 is 0 Å². The highest BCUT2D eigenvalue weighted by Gasteiger charge is 2.34. The SMILES string of the molecule is CC(CN)N(C)S(=O)(=O)c1cc2c(cc1[N+](=O)[O-])OCCO2. The molecule has 2 N–H and O–H groups in total. The average Bonchev–Trinajstić information content (AvgIpc) is 2.51. The van der Waals surface area contributed by atoms with Gasteiger partial charge in [-0.1, -0.05) is 0 Å². The smallest absolute Gasteiger partial charge is 0.293 e. The maximum absolute atomic E-state index is 12.6. The van der Waals surface area contributed by atoms with Gasteiger partial charge in [-0.25, -0.2) is 8.42 Å². The summed E-state index contributed by atoms with van der Waals surface area (Å²) in [7, 11) is -2.76. The van der Waals surface area contributed by atoms with Gasteiger partial charge in [-0.3, -0.25) is 10.1 Å². The Morgan fingerprint density at radius 1 is 1.36 bits per heavy atom. The van der Waals surface area contributed by atoms with Gasteiger partial charge in [-0.15, -0.1) is 0 Å². The van der Waals surface area contributed by atoms with Crippen LogP contribution >= 0.6 is 0 Å². The van der Waals surface area contributed by atoms with Crippen molar-refractivity contribution in [3.05, 3.63) is 22.2 Å². The molecule has 1 heterocycles. The van der Waals surface area contributed by atoms with Crippen LogP contribution in [0.1, 0.15) is 6.92 Å². The number of benzene rings is 1. The van der Waals surface area contributed by atoms with Crippen molar-refractivity contribution in [1.29, 1.82) is 0 Å². The molecule has 0 spiro atoms. The van der Waals surface area contributed by atoms with Gasteiger partial charge in [0.2, 0.25) is 10.0 Å². The number of fused-ring (bicyclic) bond motifs is 1. The third-order valence-electron chi connectivity index (χ3n) is 3.44. The number of likely N-dealkylation sites (N-methyl/N-ethyl adjacent to an activating group) is 1. The van der Waals surface area contributed by atoms with Crippen LogP contribution in [0.5, 0.6) is 11.5 Å². The van der Waals surface area contributed by atoms with Crippen LogP contribution in [0.4, 0.5) is 5.69 Å². The first kappa shape index (κ1) is 16.5. The van der Waals surface area contributed by atoms with E-state index in [1.54, 1.807) is 6.92 Å². The largest absolute Gasteiger partial charge is 0.486 e. The maximum atomic E-state index is 12.6. The zero-order valence-corrected chi connectivity index (χ0v) is 13.0. The van der Waals surface area contributed by atoms with Crippen LogP contribution in [0.15, 0.2) is 17.0 Å². The standard InChI is InChI=1S/C12H17N3O6S/c1-8(7-13)14(2)22(18,19)12-6-11-10(20-3-4-21-11)5-9(12)15(16)17/h5-6,8H,3-4,7,13H2,1-2H3. The molecule has 0 aromatic heterocycles. The Labute approximate surface area is 127 Å². The van der Waals surface area contributed by atoms with Crippen LogP contribution in [-0.2, 0) is 10.0 Å². The number of hydrogen-bond acceptors (Lipinski definition) is 7. The summed E-state index contributed by atoms with van der Waals surface area (Å²) in [6, 6.07) is 1.70. The molecule has 1 atom stereocenters. The molecule has 0 saturated heterocycles. The molecule has 9 nitrogen and oxygen atoms in total. The minimum absolute atomic E-state index is 0.0913. The number of nitro benzene ring substituents is 1. The lowest BCUT2D eigenvalue weighted by Crippen LogP contribution is -2.39. The van der Waals surface area contributed by atoms with Gasteiger partial charge in [0.1, 0.15) is 13.2 Å². The molecule has 122 valence electrons. The van der Waals surface area contributed by atoms with E-state index in [1.165, 1.54) is 7.05 Å². The lowest BCUT2D eigenvalue weighted by molar-refractivity contribution is -0.388. The molecule has 1 aromatic carbocycles. The fourth-order valence-electron chi connectivity index (χ4n) is 1.95. The predicted molar refractivity (Wildman–Crippen MR) is 77.6 cm³/mol. The summed E-state index contributed by atoms with van der Waals surface area (Å²) in [4.78, 5) is 10.0. The molecule has 1 aliphatic rings. The molecular weight excluding hydrogens is 314 g/mol. The summed E-state index contributed by atoms with van der Waals surface area (Å²) >= 11 is 0. The number of nitrogens with two attached hydrogens (primary N) is 1. The van der Waals surface area contributed by atoms with Crippen LogP contribution in [0.25, 0.3) is 0 Å². The average molecular weight is 331 g/mol. The van der Waals surface area contributed by atoms with Crippen molar-refractivity contribution in [3.8, 4) is 11.5 Å². The zero-order valence-electron chi connectivity index (χ0n) is 12.2. The molecule has 0 fully saturated rings. The predicted octanol–water partition coefficient (Wildman–Crippen LogP) is 0.334. The Morgan fingerprint density at radius 2 is 1.91 bits per heavy atom. The van der Waals surface area contributed by atoms with E-state index in [0.29, 0.717) is 0 Å². The highest BCUT2D eigenvalue weighted by atomic mass is 32.2. The van der Waals surface area contributed by atoms with Crippen LogP contribution in [0.2, 0.25) is 0 Å². The maximum Gasteiger partial charge on any atom is 0.293 e. The Hall–Kier alpha value is -1.91. The normalized spacial score (nSPS) is 15.6. The number of ether oxygens (including phenoxy) is 2. The van der Waals surface area contributed by atoms with Gasteiger partial charge in [0.05, 0.1) is 11.0 Å². The van der Waals surface area contributed by atoms with Crippen LogP contribution < -0.4 is 15.2 Å². The topological polar surface area (TPSA) is 125 Å². The molecule has 1 aromatic rings. The molecule has 0 saturated carbocycles. The molecular formula is C12H17N3O6S. The minimum Gasteiger partial charge on any atom is -0.486 e. The van der Waals surface area contributed by atoms with Crippen LogP contribution in [0, 0.1) is 10.1 Å². The summed E-state index contributed by atoms with van der Waals surface area (Å²) in [6.07, 6.45) is 0. The number of nitro groups is 1. The van der Waals surface area contributed by atoms with Crippen LogP contribution in [-0.4, -0.2) is 50.5 Å². The van der Waals surface area contributed by atoms with Crippen molar-refractivity contribution in [1.82, 2.24) is 4.31 Å². The molecule has 1 aliphatic heterocycles. The van der Waals surface area contributed by atoms with Crippen molar-refractivity contribution in [3.63, 3.8) is 0 Å². The molecule has 0 radical (unpaired) electrons. The van der Waals surface area contributed by atoms with Gasteiger partial charge in [0, 0.05) is 25.7 Å². The van der Waals surface area contributed by atoms with E-state index in [0.717, 1.165) is 16.4 Å². The molecule has 0 aliphatic carbocycles. The fraction of sp³-hybridized carbons (Fsp3) is 0.500. The van der Waals surface area contributed by atoms with E-state index in [1.807, 2.05) is 0 Å². The quantitative estimate of drug-likeness (QED) is 0.609. The first-order valence-corrected chi connectivity index (χ1v) is 7.99. The molecule has 22 heavy (non-hydrogen) atoms. The van der Waals surface area contributed by atoms with Crippen molar-refractivity contribution in [2.24, 2.45) is 5.73 Å². The molecule has 0 amide bonds. The highest BCUT2D eigenvalue weighted by molar-refractivity contribution is 7.89. The van der Waals surface area contributed by atoms with Crippen molar-refractivity contribution in [2.45, 2.75) is 17.9 Å². The Morgan fingerprint density at radius 3 is 2.41 bits per heavy atom. The first-order valence-electron chi connectivity index (χ1n) is 6.55. The highest BCUT2D eigenvalue weighted by Crippen LogP contribution is 2.39. The van der Waals surface area contributed by atoms with Gasteiger partial charge < -0.3 is 15.2 Å². The van der Waals surface area contributed by atoms with Crippen molar-refractivity contribution >= 4 is 15.7 Å². The van der Waals surface area contributed by atoms with E-state index in [2.05, 4.69) is 0 Å². The monoisotopic (exact) mass is 331 g/mol. The first-order chi connectivity index (χ1) is 10.3. The molecule has 2 rings (SSSR count). The summed E-state index contributed by atoms with van der Waals surface area (Å²) < 4.78 is 36.8. The minimum atomic E-state index is -4.08. The molecule has 0 bridgehead atoms. The second-order valence-electron chi connectivity index (χ2n) is 4.83. The van der Waals surface area contributed by atoms with Gasteiger partial charge in [-0.05, 0) is 6.92 Å². The summed E-state index contributed by atoms with van der Waals surface area (Å²) in [5, 5.41) is 11.2. The van der Waals surface area contributed by atoms with Crippen LogP contribution in [0.3, 0.4) is 0 Å². The van der Waals surface area contributed by atoms with Gasteiger partial charge in [0.15, 0.2) is 16.4 Å². The van der Waals surface area contributed by atoms with E-state index in [4.69, 9.17) is 15.2 Å². The lowest BCUT2D eigenvalue weighted by atomic mass is 10.2. The number of hydrogen-bond donors (Lipinski definition) is 1. The Balaban J connectivity index is 2.60. The fourth-order valence-corrected chi connectivity index (χ4v) is 3.47. The second-order valence-corrected chi connectivity index (χ2v) is 6.79. The number of nitrogens with zero attached hydrogens (tertiary/aromatic N) is 2. The van der Waals surface area contributed by atoms with Crippen molar-refractivity contribution < 1.29 is 22.8 Å². The summed E-state index contributed by atoms with van der Waals surface area (Å²) in [6.45, 7) is 2.20. The van der Waals surface area contributed by atoms with Gasteiger partial charge in [-0.2, -0.15) is 4.31 Å². The lowest BCUT2D eigenvalue weighted by Gasteiger charge is -2.24. The number of sulfonamides is 1. The molecule has 10 heteroatoms. The number of rotatable bonds is 5. The third kappa shape index (κ3) is 2.85. The zero-order chi connectivity index (χ0) is 16.5. The van der Waals surface area contributed by atoms with Gasteiger partial charge >= 0.3 is 0 Å². The van der Waals surface area contributed by atoms with E-state index in [-0.39, 0.29) is 31.3 Å². The van der Waals surface area contributed by atoms with E-state index in [9.17, 15) is 18.5 Å². The Kier molecular flexibility index (Phi) is 4.54. The van der Waals surface area contributed by atoms with Crippen molar-refractivity contribution in [2.75, 3.05) is 26.8 Å². The Bertz CT molecular complexity index is 690. The van der Waals surface area contributed by atoms with Gasteiger partial charge in [0.25, 0.3) is 5.69 Å². The third-order valence-corrected chi connectivity index (χ3v) is 5.44. The summed E-state index contributed by atoms with van der Waals surface area (Å²) in [5.41, 5.74) is 4.92. The van der Waals surface area contributed by atoms with E-state index < -0.39 is 31.6 Å².